The van der Waals surface area contributed by atoms with Gasteiger partial charge in [0.1, 0.15) is 11.2 Å². The third-order valence-electron chi connectivity index (χ3n) is 15.6. The summed E-state index contributed by atoms with van der Waals surface area (Å²) in [5.74, 6) is 0. The van der Waals surface area contributed by atoms with Crippen LogP contribution in [0.3, 0.4) is 0 Å². The molecule has 0 radical (unpaired) electrons. The monoisotopic (exact) mass is 877 g/mol. The second kappa shape index (κ2) is 14.2. The van der Waals surface area contributed by atoms with Gasteiger partial charge >= 0.3 is 0 Å². The van der Waals surface area contributed by atoms with Crippen LogP contribution in [0.1, 0.15) is 25.0 Å². The second-order valence-electron chi connectivity index (χ2n) is 19.5. The Balaban J connectivity index is 1.13. The van der Waals surface area contributed by atoms with Crippen LogP contribution in [0, 0.1) is 0 Å². The maximum Gasteiger partial charge on any atom is 0.137 e. The van der Waals surface area contributed by atoms with Crippen molar-refractivity contribution < 1.29 is 4.42 Å². The average Bonchev–Trinajstić information content (AvgIpc) is 3.88. The van der Waals surface area contributed by atoms with Gasteiger partial charge in [0.05, 0.1) is 0 Å². The molecule has 0 atom stereocenters. The molecule has 2 nitrogen and oxygen atoms in total. The van der Waals surface area contributed by atoms with Crippen LogP contribution in [0.5, 0.6) is 0 Å². The Morgan fingerprint density at radius 3 is 1.54 bits per heavy atom. The second-order valence-corrected chi connectivity index (χ2v) is 19.5. The van der Waals surface area contributed by atoms with Crippen LogP contribution in [-0.4, -0.2) is 0 Å². The fourth-order valence-electron chi connectivity index (χ4n) is 12.4. The molecule has 1 aliphatic rings. The van der Waals surface area contributed by atoms with Crippen LogP contribution in [0.2, 0.25) is 0 Å². The van der Waals surface area contributed by atoms with Gasteiger partial charge < -0.3 is 9.32 Å². The van der Waals surface area contributed by atoms with Crippen molar-refractivity contribution in [1.29, 1.82) is 0 Å². The van der Waals surface area contributed by atoms with Crippen molar-refractivity contribution in [2.45, 2.75) is 19.3 Å². The first-order chi connectivity index (χ1) is 34.0. The van der Waals surface area contributed by atoms with Gasteiger partial charge in [-0.05, 0) is 157 Å². The van der Waals surface area contributed by atoms with E-state index in [4.69, 9.17) is 4.42 Å². The average molecular weight is 878 g/mol. The highest BCUT2D eigenvalue weighted by molar-refractivity contribution is 6.37. The molecule has 0 saturated heterocycles. The molecular weight excluding hydrogens is 835 g/mol. The number of anilines is 3. The lowest BCUT2D eigenvalue weighted by atomic mass is 9.82. The number of rotatable bonds is 3. The van der Waals surface area contributed by atoms with Gasteiger partial charge in [0, 0.05) is 39.3 Å². The predicted molar refractivity (Wildman–Crippen MR) is 295 cm³/mol. The van der Waals surface area contributed by atoms with E-state index >= 15 is 0 Å². The quantitative estimate of drug-likeness (QED) is 0.164. The lowest BCUT2D eigenvalue weighted by molar-refractivity contribution is 0.660. The molecule has 0 spiro atoms. The topological polar surface area (TPSA) is 16.4 Å². The fourth-order valence-corrected chi connectivity index (χ4v) is 12.4. The molecule has 1 aliphatic carbocycles. The third kappa shape index (κ3) is 5.43. The van der Waals surface area contributed by atoms with E-state index in [1.54, 1.807) is 0 Å². The van der Waals surface area contributed by atoms with Crippen LogP contribution in [-0.2, 0) is 5.41 Å². The smallest absolute Gasteiger partial charge is 0.137 e. The first kappa shape index (κ1) is 38.4. The van der Waals surface area contributed by atoms with E-state index in [-0.39, 0.29) is 5.41 Å². The van der Waals surface area contributed by atoms with Crippen LogP contribution in [0.15, 0.2) is 229 Å². The van der Waals surface area contributed by atoms with Gasteiger partial charge in [-0.3, -0.25) is 0 Å². The molecule has 0 fully saturated rings. The molecule has 1 heterocycles. The first-order valence-corrected chi connectivity index (χ1v) is 24.1. The van der Waals surface area contributed by atoms with Crippen LogP contribution in [0.4, 0.5) is 17.1 Å². The largest absolute Gasteiger partial charge is 0.456 e. The lowest BCUT2D eigenvalue weighted by Gasteiger charge is -2.28. The number of furan rings is 1. The summed E-state index contributed by atoms with van der Waals surface area (Å²) in [6.45, 7) is 4.73. The Labute approximate surface area is 398 Å². The standard InChI is InChI=1S/C67H43NO/c1-67(2)60-24-11-9-21-52(60)53-34-30-44(38-61(53)67)68(45-31-35-55-54-22-10-12-25-62(54)69-63(55)39-45)43-29-33-51-49-19-6-4-17-47(49)46-16-3-5-18-48(46)50-20-7-8-23-56(50)66-57-32-28-41-15-13-14-40-26-27-42(65(57)64(40)41)36-59(66)58(51)37-43/h3-39H,1-2H3. The van der Waals surface area contributed by atoms with E-state index in [1.165, 1.54) is 108 Å². The van der Waals surface area contributed by atoms with Gasteiger partial charge in [-0.2, -0.15) is 0 Å². The first-order valence-electron chi connectivity index (χ1n) is 24.1. The van der Waals surface area contributed by atoms with E-state index in [0.717, 1.165) is 39.0 Å². The molecule has 0 bridgehead atoms. The fraction of sp³-hybridized carbons (Fsp3) is 0.0448. The van der Waals surface area contributed by atoms with Gasteiger partial charge in [-0.1, -0.05) is 184 Å². The molecule has 15 rings (SSSR count). The minimum absolute atomic E-state index is 0.175. The zero-order chi connectivity index (χ0) is 45.5. The van der Waals surface area contributed by atoms with E-state index in [1.807, 2.05) is 6.07 Å². The molecule has 2 heteroatoms. The minimum atomic E-state index is -0.175. The van der Waals surface area contributed by atoms with Crippen molar-refractivity contribution in [2.75, 3.05) is 4.90 Å². The highest BCUT2D eigenvalue weighted by atomic mass is 16.3. The van der Waals surface area contributed by atoms with Crippen molar-refractivity contribution in [3.05, 3.63) is 236 Å². The zero-order valence-corrected chi connectivity index (χ0v) is 38.2. The van der Waals surface area contributed by atoms with Crippen molar-refractivity contribution in [3.8, 4) is 11.1 Å². The van der Waals surface area contributed by atoms with Crippen LogP contribution in [0.25, 0.3) is 119 Å². The Morgan fingerprint density at radius 2 is 0.797 bits per heavy atom. The van der Waals surface area contributed by atoms with Gasteiger partial charge in [0.15, 0.2) is 0 Å². The lowest BCUT2D eigenvalue weighted by Crippen LogP contribution is -2.16. The summed E-state index contributed by atoms with van der Waals surface area (Å²) in [7, 11) is 0. The van der Waals surface area contributed by atoms with Crippen molar-refractivity contribution in [3.63, 3.8) is 0 Å². The van der Waals surface area contributed by atoms with Crippen LogP contribution >= 0.6 is 0 Å². The van der Waals surface area contributed by atoms with Gasteiger partial charge in [0.25, 0.3) is 0 Å². The molecule has 1 aromatic heterocycles. The summed E-state index contributed by atoms with van der Waals surface area (Å²) in [4.78, 5) is 2.45. The number of fused-ring (bicyclic) bond motifs is 17. The molecule has 69 heavy (non-hydrogen) atoms. The summed E-state index contributed by atoms with van der Waals surface area (Å²) in [6.07, 6.45) is 0. The zero-order valence-electron chi connectivity index (χ0n) is 38.2. The van der Waals surface area contributed by atoms with Crippen molar-refractivity contribution in [1.82, 2.24) is 0 Å². The maximum atomic E-state index is 6.63. The van der Waals surface area contributed by atoms with Gasteiger partial charge in [-0.25, -0.2) is 0 Å². The summed E-state index contributed by atoms with van der Waals surface area (Å²) in [5, 5.41) is 22.0. The summed E-state index contributed by atoms with van der Waals surface area (Å²) in [6, 6.07) is 83.8. The third-order valence-corrected chi connectivity index (χ3v) is 15.6. The molecule has 0 N–H and O–H groups in total. The highest BCUT2D eigenvalue weighted by Gasteiger charge is 2.36. The predicted octanol–water partition coefficient (Wildman–Crippen LogP) is 19.1. The van der Waals surface area contributed by atoms with Crippen molar-refractivity contribution in [2.24, 2.45) is 0 Å². The summed E-state index contributed by atoms with van der Waals surface area (Å²) >= 11 is 0. The van der Waals surface area contributed by atoms with E-state index in [0.29, 0.717) is 0 Å². The summed E-state index contributed by atoms with van der Waals surface area (Å²) in [5.41, 5.74) is 10.1. The molecule has 0 saturated carbocycles. The number of hydrogen-bond acceptors (Lipinski definition) is 2. The molecular formula is C67H43NO. The number of hydrogen-bond donors (Lipinski definition) is 0. The molecule has 14 aromatic rings. The van der Waals surface area contributed by atoms with Gasteiger partial charge in [-0.15, -0.1) is 0 Å². The Hall–Kier alpha value is -8.72. The van der Waals surface area contributed by atoms with Crippen molar-refractivity contribution >= 4 is 125 Å². The Morgan fingerprint density at radius 1 is 0.290 bits per heavy atom. The summed E-state index contributed by atoms with van der Waals surface area (Å²) < 4.78 is 6.63. The Bertz CT molecular complexity index is 4580. The minimum Gasteiger partial charge on any atom is -0.456 e. The normalized spacial score (nSPS) is 13.2. The van der Waals surface area contributed by atoms with E-state index < -0.39 is 0 Å². The molecule has 0 aliphatic heterocycles. The molecule has 13 aromatic carbocycles. The number of benzene rings is 12. The molecule has 0 amide bonds. The SMILES string of the molecule is CC1(C)c2ccccc2-c2ccc(N(c3ccc4c(c3)oc3ccccc34)c3ccc4c5ccccc5c5ccccc5c5ccccc5c5c(cc6ccc7cccc8ccc5c6c78)c4c3)cc21. The molecule has 0 unspecified atom stereocenters. The number of para-hydroxylation sites is 1. The Kier molecular flexibility index (Phi) is 7.87. The number of nitrogens with zero attached hydrogens (tertiary/aromatic N) is 1. The highest BCUT2D eigenvalue weighted by Crippen LogP contribution is 2.52. The van der Waals surface area contributed by atoms with E-state index in [2.05, 4.69) is 237 Å². The maximum absolute atomic E-state index is 6.63. The van der Waals surface area contributed by atoms with E-state index in [9.17, 15) is 0 Å². The molecule has 322 valence electrons. The van der Waals surface area contributed by atoms with Gasteiger partial charge in [0.2, 0.25) is 0 Å². The van der Waals surface area contributed by atoms with Crippen LogP contribution < -0.4 is 4.90 Å².